The zero-order chi connectivity index (χ0) is 27.6. The van der Waals surface area contributed by atoms with Crippen molar-refractivity contribution in [2.75, 3.05) is 0 Å². The molecule has 0 unspecified atom stereocenters. The van der Waals surface area contributed by atoms with Crippen molar-refractivity contribution in [3.05, 3.63) is 119 Å². The highest BCUT2D eigenvalue weighted by Gasteiger charge is 2.52. The Morgan fingerprint density at radius 3 is 2.03 bits per heavy atom. The highest BCUT2D eigenvalue weighted by Crippen LogP contribution is 2.40. The number of hydrogen-bond donors (Lipinski definition) is 0. The molecule has 200 valence electrons. The zero-order valence-electron chi connectivity index (χ0n) is 22.9. The second-order valence-corrected chi connectivity index (χ2v) is 16.0. The van der Waals surface area contributed by atoms with Gasteiger partial charge in [-0.25, -0.2) is 0 Å². The monoisotopic (exact) mass is 572 g/mol. The van der Waals surface area contributed by atoms with Crippen LogP contribution in [0.3, 0.4) is 0 Å². The molecule has 0 bridgehead atoms. The van der Waals surface area contributed by atoms with Gasteiger partial charge in [0.2, 0.25) is 0 Å². The summed E-state index contributed by atoms with van der Waals surface area (Å²) in [7, 11) is -0.828. The molecule has 1 aromatic heterocycles. The lowest BCUT2D eigenvalue weighted by Crippen LogP contribution is -2.68. The van der Waals surface area contributed by atoms with E-state index in [1.54, 1.807) is 0 Å². The summed E-state index contributed by atoms with van der Waals surface area (Å²) in [4.78, 5) is 0. The molecule has 0 fully saturated rings. The highest BCUT2D eigenvalue weighted by atomic mass is 35.5. The fourth-order valence-electron chi connectivity index (χ4n) is 5.55. The number of aromatic nitrogens is 2. The van der Waals surface area contributed by atoms with Gasteiger partial charge >= 0.3 is 8.32 Å². The summed E-state index contributed by atoms with van der Waals surface area (Å²) in [6.07, 6.45) is 1.70. The van der Waals surface area contributed by atoms with Gasteiger partial charge in [0, 0.05) is 23.2 Å². The maximum Gasteiger partial charge on any atom is 0.319 e. The van der Waals surface area contributed by atoms with E-state index in [9.17, 15) is 0 Å². The lowest BCUT2D eigenvalue weighted by molar-refractivity contribution is 0.512. The molecule has 39 heavy (non-hydrogen) atoms. The van der Waals surface area contributed by atoms with Crippen LogP contribution in [0, 0.1) is 0 Å². The van der Waals surface area contributed by atoms with E-state index in [0.29, 0.717) is 5.88 Å². The molecule has 0 atom stereocenters. The van der Waals surface area contributed by atoms with E-state index in [0.717, 1.165) is 45.8 Å². The van der Waals surface area contributed by atoms with Gasteiger partial charge in [-0.2, -0.15) is 5.10 Å². The number of hydrogen-bond acceptors (Lipinski definition) is 2. The van der Waals surface area contributed by atoms with Gasteiger partial charge in [0.05, 0.1) is 11.6 Å². The third kappa shape index (κ3) is 5.51. The third-order valence-corrected chi connectivity index (χ3v) is 12.9. The van der Waals surface area contributed by atoms with Crippen molar-refractivity contribution >= 4 is 52.7 Å². The standard InChI is InChI=1S/C33H34Cl2N2OSi/c1-33(2,3)39(29-11-7-5-8-12-29,30-13-9-6-10-14-30)38-32-20-24(19-25-21-26(35)16-18-31(25)32)15-17-28-22-27(23-34)36-37(28)4/h5-14,16,18-22H,15,17,23H2,1-4H3. The number of aryl methyl sites for hydroxylation is 3. The van der Waals surface area contributed by atoms with Crippen molar-refractivity contribution in [1.82, 2.24) is 9.78 Å². The maximum absolute atomic E-state index is 7.49. The Labute approximate surface area is 242 Å². The number of halogens is 2. The second kappa shape index (κ2) is 11.2. The summed E-state index contributed by atoms with van der Waals surface area (Å²) >= 11 is 12.5. The summed E-state index contributed by atoms with van der Waals surface area (Å²) < 4.78 is 9.42. The van der Waals surface area contributed by atoms with Gasteiger partial charge in [-0.1, -0.05) is 99.1 Å². The van der Waals surface area contributed by atoms with Crippen molar-refractivity contribution in [3.63, 3.8) is 0 Å². The van der Waals surface area contributed by atoms with Crippen molar-refractivity contribution in [2.45, 2.75) is 44.5 Å². The molecular weight excluding hydrogens is 539 g/mol. The minimum Gasteiger partial charge on any atom is -0.534 e. The topological polar surface area (TPSA) is 27.1 Å². The molecule has 3 nitrogen and oxygen atoms in total. The first-order valence-corrected chi connectivity index (χ1v) is 16.1. The number of alkyl halides is 1. The van der Waals surface area contributed by atoms with E-state index < -0.39 is 8.32 Å². The molecule has 0 spiro atoms. The lowest BCUT2D eigenvalue weighted by Gasteiger charge is -2.43. The van der Waals surface area contributed by atoms with Gasteiger partial charge in [-0.3, -0.25) is 4.68 Å². The largest absolute Gasteiger partial charge is 0.534 e. The van der Waals surface area contributed by atoms with Gasteiger partial charge < -0.3 is 4.43 Å². The number of rotatable bonds is 8. The van der Waals surface area contributed by atoms with Crippen molar-refractivity contribution < 1.29 is 4.43 Å². The van der Waals surface area contributed by atoms with Crippen LogP contribution < -0.4 is 14.8 Å². The Bertz CT molecular complexity index is 1540. The minimum absolute atomic E-state index is 0.142. The second-order valence-electron chi connectivity index (χ2n) is 11.1. The Balaban J connectivity index is 1.66. The molecule has 1 heterocycles. The Morgan fingerprint density at radius 1 is 0.821 bits per heavy atom. The molecule has 0 amide bonds. The van der Waals surface area contributed by atoms with Crippen molar-refractivity contribution in [1.29, 1.82) is 0 Å². The van der Waals surface area contributed by atoms with Gasteiger partial charge in [0.25, 0.3) is 0 Å². The van der Waals surface area contributed by atoms with Crippen LogP contribution in [0.15, 0.2) is 97.1 Å². The average molecular weight is 574 g/mol. The molecule has 4 aromatic carbocycles. The van der Waals surface area contributed by atoms with Gasteiger partial charge in [-0.05, 0) is 69.5 Å². The Kier molecular flexibility index (Phi) is 7.91. The molecule has 0 aliphatic carbocycles. The van der Waals surface area contributed by atoms with Crippen molar-refractivity contribution in [3.8, 4) is 5.75 Å². The van der Waals surface area contributed by atoms with E-state index in [-0.39, 0.29) is 5.04 Å². The van der Waals surface area contributed by atoms with E-state index in [1.165, 1.54) is 15.9 Å². The summed E-state index contributed by atoms with van der Waals surface area (Å²) in [5.74, 6) is 1.32. The summed E-state index contributed by atoms with van der Waals surface area (Å²) in [6.45, 7) is 6.91. The van der Waals surface area contributed by atoms with Crippen molar-refractivity contribution in [2.24, 2.45) is 7.05 Å². The Hall–Kier alpha value is -3.05. The van der Waals surface area contributed by atoms with Crippen LogP contribution in [0.1, 0.15) is 37.7 Å². The molecule has 0 aliphatic rings. The molecule has 0 saturated heterocycles. The quantitative estimate of drug-likeness (QED) is 0.141. The van der Waals surface area contributed by atoms with E-state index in [2.05, 4.69) is 111 Å². The molecule has 0 aliphatic heterocycles. The van der Waals surface area contributed by atoms with Crippen LogP contribution in [0.25, 0.3) is 10.8 Å². The lowest BCUT2D eigenvalue weighted by atomic mass is 10.0. The molecule has 0 radical (unpaired) electrons. The van der Waals surface area contributed by atoms with Crippen LogP contribution in [0.4, 0.5) is 0 Å². The SMILES string of the molecule is Cn1nc(CCl)cc1CCc1cc(O[Si](c2ccccc2)(c2ccccc2)C(C)(C)C)c2ccc(Cl)cc2c1. The molecule has 5 aromatic rings. The molecule has 0 N–H and O–H groups in total. The minimum atomic E-state index is -2.80. The van der Waals surface area contributed by atoms with Gasteiger partial charge in [-0.15, -0.1) is 11.6 Å². The average Bonchev–Trinajstić information content (AvgIpc) is 3.30. The predicted octanol–water partition coefficient (Wildman–Crippen LogP) is 7.69. The van der Waals surface area contributed by atoms with Crippen LogP contribution >= 0.6 is 23.2 Å². The molecule has 0 saturated carbocycles. The first-order valence-electron chi connectivity index (χ1n) is 13.3. The third-order valence-electron chi connectivity index (χ3n) is 7.45. The molecule has 5 rings (SSSR count). The number of benzene rings is 4. The first-order chi connectivity index (χ1) is 18.7. The van der Waals surface area contributed by atoms with Gasteiger partial charge in [0.1, 0.15) is 5.75 Å². The Morgan fingerprint density at radius 2 is 1.46 bits per heavy atom. The fraction of sp³-hybridized carbons (Fsp3) is 0.242. The summed E-state index contributed by atoms with van der Waals surface area (Å²) in [5, 5.41) is 9.74. The van der Waals surface area contributed by atoms with Gasteiger partial charge in [0.15, 0.2) is 0 Å². The van der Waals surface area contributed by atoms with Crippen LogP contribution in [-0.4, -0.2) is 18.1 Å². The number of nitrogens with zero attached hydrogens (tertiary/aromatic N) is 2. The molecular formula is C33H34Cl2N2OSi. The van der Waals surface area contributed by atoms with E-state index >= 15 is 0 Å². The zero-order valence-corrected chi connectivity index (χ0v) is 25.4. The van der Waals surface area contributed by atoms with Crippen LogP contribution in [-0.2, 0) is 25.8 Å². The van der Waals surface area contributed by atoms with Crippen LogP contribution in [0.2, 0.25) is 10.1 Å². The smallest absolute Gasteiger partial charge is 0.319 e. The number of fused-ring (bicyclic) bond motifs is 1. The predicted molar refractivity (Wildman–Crippen MR) is 167 cm³/mol. The normalized spacial score (nSPS) is 12.2. The summed E-state index contributed by atoms with van der Waals surface area (Å²) in [5.41, 5.74) is 3.26. The van der Waals surface area contributed by atoms with E-state index in [4.69, 9.17) is 27.6 Å². The molecule has 6 heteroatoms. The van der Waals surface area contributed by atoms with Crippen LogP contribution in [0.5, 0.6) is 5.75 Å². The first kappa shape index (κ1) is 27.5. The van der Waals surface area contributed by atoms with E-state index in [1.807, 2.05) is 23.9 Å². The summed E-state index contributed by atoms with van der Waals surface area (Å²) in [6, 6.07) is 34.1. The fourth-order valence-corrected chi connectivity index (χ4v) is 10.3. The highest BCUT2D eigenvalue weighted by molar-refractivity contribution is 7.00. The maximum atomic E-state index is 7.49.